The van der Waals surface area contributed by atoms with Crippen LogP contribution < -0.4 is 5.32 Å². The molecule has 1 N–H and O–H groups in total. The highest BCUT2D eigenvalue weighted by atomic mass is 16.3. The maximum Gasteiger partial charge on any atom is 0.123 e. The molecule has 102 valence electrons. The predicted molar refractivity (Wildman–Crippen MR) is 79.4 cm³/mol. The smallest absolute Gasteiger partial charge is 0.123 e. The Bertz CT molecular complexity index is 498. The second-order valence-electron chi connectivity index (χ2n) is 5.16. The molecule has 2 nitrogen and oxygen atoms in total. The average molecular weight is 257 g/mol. The summed E-state index contributed by atoms with van der Waals surface area (Å²) in [5, 5.41) is 3.58. The molecule has 19 heavy (non-hydrogen) atoms. The number of furan rings is 1. The molecule has 1 aromatic heterocycles. The quantitative estimate of drug-likeness (QED) is 0.839. The molecule has 0 bridgehead atoms. The van der Waals surface area contributed by atoms with Gasteiger partial charge in [0.1, 0.15) is 5.76 Å². The third-order valence-corrected chi connectivity index (χ3v) is 3.42. The van der Waals surface area contributed by atoms with Gasteiger partial charge in [-0.1, -0.05) is 36.8 Å². The van der Waals surface area contributed by atoms with Gasteiger partial charge in [0.25, 0.3) is 0 Å². The van der Waals surface area contributed by atoms with E-state index in [2.05, 4.69) is 50.4 Å². The summed E-state index contributed by atoms with van der Waals surface area (Å²) in [5.74, 6) is 1.06. The van der Waals surface area contributed by atoms with Gasteiger partial charge in [-0.05, 0) is 50.4 Å². The van der Waals surface area contributed by atoms with Gasteiger partial charge in [-0.25, -0.2) is 0 Å². The standard InChI is InChI=1S/C17H23NO/c1-4-10-18-16(17-14(3)9-11-19-17)12-15-7-5-13(2)6-8-15/h5-9,11,16,18H,4,10,12H2,1-3H3. The van der Waals surface area contributed by atoms with E-state index in [0.29, 0.717) is 0 Å². The zero-order chi connectivity index (χ0) is 13.7. The van der Waals surface area contributed by atoms with Gasteiger partial charge in [0.15, 0.2) is 0 Å². The first-order valence-electron chi connectivity index (χ1n) is 7.03. The summed E-state index contributed by atoms with van der Waals surface area (Å²) in [6.45, 7) is 7.42. The maximum absolute atomic E-state index is 5.66. The Balaban J connectivity index is 2.14. The SMILES string of the molecule is CCCNC(Cc1ccc(C)cc1)c1occc1C. The topological polar surface area (TPSA) is 25.2 Å². The third-order valence-electron chi connectivity index (χ3n) is 3.42. The van der Waals surface area contributed by atoms with Crippen molar-refractivity contribution in [1.82, 2.24) is 5.32 Å². The first-order chi connectivity index (χ1) is 9.20. The lowest BCUT2D eigenvalue weighted by atomic mass is 10.0. The van der Waals surface area contributed by atoms with Crippen LogP contribution in [-0.2, 0) is 6.42 Å². The van der Waals surface area contributed by atoms with E-state index in [4.69, 9.17) is 4.42 Å². The molecule has 0 aliphatic heterocycles. The predicted octanol–water partition coefficient (Wildman–Crippen LogP) is 4.18. The minimum atomic E-state index is 0.262. The number of hydrogen-bond acceptors (Lipinski definition) is 2. The van der Waals surface area contributed by atoms with E-state index in [1.54, 1.807) is 6.26 Å². The van der Waals surface area contributed by atoms with Crippen LogP contribution in [0, 0.1) is 13.8 Å². The van der Waals surface area contributed by atoms with Gasteiger partial charge in [-0.3, -0.25) is 0 Å². The number of rotatable bonds is 6. The van der Waals surface area contributed by atoms with Gasteiger partial charge in [0.05, 0.1) is 12.3 Å². The summed E-state index contributed by atoms with van der Waals surface area (Å²) < 4.78 is 5.66. The summed E-state index contributed by atoms with van der Waals surface area (Å²) in [5.41, 5.74) is 3.87. The van der Waals surface area contributed by atoms with E-state index in [1.807, 2.05) is 6.07 Å². The first-order valence-corrected chi connectivity index (χ1v) is 7.03. The summed E-state index contributed by atoms with van der Waals surface area (Å²) in [6, 6.07) is 11.0. The summed E-state index contributed by atoms with van der Waals surface area (Å²) >= 11 is 0. The highest BCUT2D eigenvalue weighted by Gasteiger charge is 2.16. The molecule has 0 fully saturated rings. The van der Waals surface area contributed by atoms with Crippen LogP contribution in [0.2, 0.25) is 0 Å². The number of benzene rings is 1. The van der Waals surface area contributed by atoms with Crippen LogP contribution in [0.25, 0.3) is 0 Å². The van der Waals surface area contributed by atoms with Crippen LogP contribution >= 0.6 is 0 Å². The van der Waals surface area contributed by atoms with Crippen LogP contribution in [0.4, 0.5) is 0 Å². The van der Waals surface area contributed by atoms with Gasteiger partial charge < -0.3 is 9.73 Å². The lowest BCUT2D eigenvalue weighted by molar-refractivity contribution is 0.408. The van der Waals surface area contributed by atoms with E-state index in [9.17, 15) is 0 Å². The van der Waals surface area contributed by atoms with Crippen molar-refractivity contribution >= 4 is 0 Å². The monoisotopic (exact) mass is 257 g/mol. The van der Waals surface area contributed by atoms with Crippen LogP contribution in [0.15, 0.2) is 41.0 Å². The van der Waals surface area contributed by atoms with Crippen molar-refractivity contribution in [2.24, 2.45) is 0 Å². The molecular formula is C17H23NO. The van der Waals surface area contributed by atoms with Crippen LogP contribution in [0.3, 0.4) is 0 Å². The van der Waals surface area contributed by atoms with Crippen molar-refractivity contribution in [3.8, 4) is 0 Å². The molecule has 1 aromatic carbocycles. The Morgan fingerprint density at radius 2 is 1.84 bits per heavy atom. The van der Waals surface area contributed by atoms with Crippen molar-refractivity contribution < 1.29 is 4.42 Å². The lowest BCUT2D eigenvalue weighted by Crippen LogP contribution is -2.24. The van der Waals surface area contributed by atoms with Crippen molar-refractivity contribution in [1.29, 1.82) is 0 Å². The summed E-state index contributed by atoms with van der Waals surface area (Å²) in [6.07, 6.45) is 3.87. The van der Waals surface area contributed by atoms with Crippen LogP contribution in [0.5, 0.6) is 0 Å². The second-order valence-corrected chi connectivity index (χ2v) is 5.16. The number of aryl methyl sites for hydroxylation is 2. The molecule has 0 amide bonds. The van der Waals surface area contributed by atoms with E-state index >= 15 is 0 Å². The molecule has 0 aliphatic rings. The van der Waals surface area contributed by atoms with E-state index in [0.717, 1.165) is 25.1 Å². The number of nitrogens with one attached hydrogen (secondary N) is 1. The minimum Gasteiger partial charge on any atom is -0.467 e. The molecule has 2 aromatic rings. The molecular weight excluding hydrogens is 234 g/mol. The Hall–Kier alpha value is -1.54. The molecule has 0 spiro atoms. The van der Waals surface area contributed by atoms with Gasteiger partial charge in [0.2, 0.25) is 0 Å². The van der Waals surface area contributed by atoms with Crippen LogP contribution in [0.1, 0.15) is 41.8 Å². The molecule has 2 heteroatoms. The zero-order valence-corrected chi connectivity index (χ0v) is 12.1. The number of hydrogen-bond donors (Lipinski definition) is 1. The third kappa shape index (κ3) is 3.71. The van der Waals surface area contributed by atoms with Crippen molar-refractivity contribution in [3.05, 3.63) is 59.0 Å². The normalized spacial score (nSPS) is 12.6. The summed E-state index contributed by atoms with van der Waals surface area (Å²) in [7, 11) is 0. The Labute approximate surface area is 115 Å². The van der Waals surface area contributed by atoms with Gasteiger partial charge in [0, 0.05) is 0 Å². The Kier molecular flexibility index (Phi) is 4.80. The lowest BCUT2D eigenvalue weighted by Gasteiger charge is -2.17. The second kappa shape index (κ2) is 6.58. The van der Waals surface area contributed by atoms with E-state index in [-0.39, 0.29) is 6.04 Å². The van der Waals surface area contributed by atoms with Gasteiger partial charge in [-0.15, -0.1) is 0 Å². The Morgan fingerprint density at radius 1 is 1.11 bits per heavy atom. The zero-order valence-electron chi connectivity index (χ0n) is 12.1. The fourth-order valence-electron chi connectivity index (χ4n) is 2.28. The van der Waals surface area contributed by atoms with Gasteiger partial charge in [-0.2, -0.15) is 0 Å². The molecule has 0 aliphatic carbocycles. The van der Waals surface area contributed by atoms with Crippen LogP contribution in [-0.4, -0.2) is 6.54 Å². The van der Waals surface area contributed by atoms with E-state index in [1.165, 1.54) is 16.7 Å². The van der Waals surface area contributed by atoms with Crippen molar-refractivity contribution in [3.63, 3.8) is 0 Å². The first kappa shape index (κ1) is 13.9. The maximum atomic E-state index is 5.66. The van der Waals surface area contributed by atoms with Crippen molar-refractivity contribution in [2.75, 3.05) is 6.54 Å². The van der Waals surface area contributed by atoms with E-state index < -0.39 is 0 Å². The van der Waals surface area contributed by atoms with Crippen molar-refractivity contribution in [2.45, 2.75) is 39.7 Å². The largest absolute Gasteiger partial charge is 0.467 e. The Morgan fingerprint density at radius 3 is 2.42 bits per heavy atom. The average Bonchev–Trinajstić information content (AvgIpc) is 2.83. The van der Waals surface area contributed by atoms with Gasteiger partial charge >= 0.3 is 0 Å². The fourth-order valence-corrected chi connectivity index (χ4v) is 2.28. The molecule has 1 atom stereocenters. The molecule has 0 saturated heterocycles. The fraction of sp³-hybridized carbons (Fsp3) is 0.412. The minimum absolute atomic E-state index is 0.262. The molecule has 1 heterocycles. The highest BCUT2D eigenvalue weighted by molar-refractivity contribution is 5.25. The molecule has 0 radical (unpaired) electrons. The molecule has 1 unspecified atom stereocenters. The molecule has 2 rings (SSSR count). The summed E-state index contributed by atoms with van der Waals surface area (Å²) in [4.78, 5) is 0. The highest BCUT2D eigenvalue weighted by Crippen LogP contribution is 2.23. The molecule has 0 saturated carbocycles.